The highest BCUT2D eigenvalue weighted by atomic mass is 16.3. The summed E-state index contributed by atoms with van der Waals surface area (Å²) < 4.78 is 0. The SMILES string of the molecule is Cc1cc(C)c(C(=O)N2CCN(c3ccccc3)[C@H](CO)C2)c(C)c1NC1CCN(c2cccnn2)CC1.Cc1cc(C)c(C(=O)N2CCN(c3ccccn3)[C@H](CO)C2)c(C)c1NC1CCN(c2cccnn2)CC1.Cc1cc(C)c(C(=O)N2CCN(c3cccnn3)[C@H](CO)C2)c(C)c1NC1CCN(c2ccccn2)CC1. The highest BCUT2D eigenvalue weighted by Crippen LogP contribution is 2.36. The Labute approximate surface area is 670 Å². The average molecular weight is 1550 g/mol. The highest BCUT2D eigenvalue weighted by molar-refractivity contribution is 6.01. The van der Waals surface area contributed by atoms with Crippen molar-refractivity contribution in [2.24, 2.45) is 0 Å². The number of hydrogen-bond acceptors (Lipinski definition) is 23. The Bertz CT molecular complexity index is 4210. The predicted molar refractivity (Wildman–Crippen MR) is 452 cm³/mol. The molecule has 0 bridgehead atoms. The van der Waals surface area contributed by atoms with Crippen molar-refractivity contribution in [3.05, 3.63) is 219 Å². The molecule has 6 fully saturated rings. The maximum absolute atomic E-state index is 13.9. The van der Waals surface area contributed by atoms with Crippen molar-refractivity contribution in [3.8, 4) is 0 Å². The van der Waals surface area contributed by atoms with E-state index in [0.29, 0.717) is 77.0 Å². The number of benzene rings is 4. The van der Waals surface area contributed by atoms with Crippen LogP contribution >= 0.6 is 0 Å². The van der Waals surface area contributed by atoms with E-state index in [1.807, 2.05) is 131 Å². The second-order valence-electron chi connectivity index (χ2n) is 31.2. The number of aliphatic hydroxyl groups is 3. The third-order valence-corrected chi connectivity index (χ3v) is 23.7. The summed E-state index contributed by atoms with van der Waals surface area (Å²) in [5, 5.41) is 66.4. The Morgan fingerprint density at radius 3 is 1.00 bits per heavy atom. The van der Waals surface area contributed by atoms with Gasteiger partial charge in [0.1, 0.15) is 11.6 Å². The summed E-state index contributed by atoms with van der Waals surface area (Å²) in [6.07, 6.45) is 14.6. The quantitative estimate of drug-likeness (QED) is 0.0466. The molecule has 4 aromatic carbocycles. The third kappa shape index (κ3) is 18.7. The summed E-state index contributed by atoms with van der Waals surface area (Å²) in [6.45, 7) is 29.1. The van der Waals surface area contributed by atoms with E-state index in [1.165, 1.54) is 0 Å². The number of nitrogens with one attached hydrogen (secondary N) is 3. The first-order chi connectivity index (χ1) is 55.4. The number of aromatic nitrogens is 8. The van der Waals surface area contributed by atoms with Gasteiger partial charge in [-0.15, -0.1) is 15.3 Å². The zero-order valence-corrected chi connectivity index (χ0v) is 67.5. The topological polar surface area (TPSA) is 280 Å². The van der Waals surface area contributed by atoms with Gasteiger partial charge in [-0.1, -0.05) is 48.5 Å². The molecule has 9 aromatic rings. The average Bonchev–Trinajstić information content (AvgIpc) is 0.785. The van der Waals surface area contributed by atoms with Crippen LogP contribution in [-0.4, -0.2) is 243 Å². The lowest BCUT2D eigenvalue weighted by atomic mass is 9.94. The molecule has 15 rings (SSSR count). The molecule has 0 radical (unpaired) electrons. The standard InChI is InChI=1S/C30H38N6O2.2C29H37N7O2/c1-21-18-22(2)29(32-24-11-14-34(15-12-24)27-10-7-13-31-33-27)23(3)28(21)30(38)35-16-17-36(26(19-35)20-37)25-8-5-4-6-9-25;1-20-17-21(2)28(32-23-9-13-34(14-10-23)26-8-6-12-31-33-26)22(3)27(20)29(38)35-15-16-36(24(18-35)19-37)25-7-4-5-11-30-25;1-20-17-21(2)28(32-23-9-13-34(14-10-23)25-7-4-5-11-30-25)22(3)27(20)29(38)35-15-16-36(24(18-35)19-37)26-8-6-12-31-33-26/h4-10,13,18,24,26,32,37H,11-12,14-17,19-20H2,1-3H3;2*4-8,11-12,17,23-24,32,37H,9-10,13-16,18-19H2,1-3H3/t26-;2*24-/m000/s1. The molecule has 11 heterocycles. The van der Waals surface area contributed by atoms with Crippen LogP contribution < -0.4 is 45.3 Å². The lowest BCUT2D eigenvalue weighted by molar-refractivity contribution is 0.0689. The molecule has 0 spiro atoms. The number of pyridine rings is 2. The van der Waals surface area contributed by atoms with Crippen LogP contribution in [0.1, 0.15) is 120 Å². The molecule has 6 aliphatic heterocycles. The minimum atomic E-state index is -0.225. The molecule has 114 heavy (non-hydrogen) atoms. The molecule has 6 N–H and O–H groups in total. The van der Waals surface area contributed by atoms with Gasteiger partial charge < -0.3 is 75.4 Å². The molecule has 26 heteroatoms. The van der Waals surface area contributed by atoms with Crippen molar-refractivity contribution in [1.29, 1.82) is 0 Å². The minimum absolute atomic E-state index is 0.00457. The van der Waals surface area contributed by atoms with E-state index in [1.54, 1.807) is 24.8 Å². The number of piperazine rings is 3. The van der Waals surface area contributed by atoms with Crippen LogP contribution in [0, 0.1) is 62.3 Å². The van der Waals surface area contributed by atoms with Gasteiger partial charge in [0.25, 0.3) is 17.7 Å². The maximum atomic E-state index is 13.9. The van der Waals surface area contributed by atoms with Crippen molar-refractivity contribution in [2.75, 3.05) is 163 Å². The van der Waals surface area contributed by atoms with Gasteiger partial charge in [0.2, 0.25) is 0 Å². The summed E-state index contributed by atoms with van der Waals surface area (Å²) in [4.78, 5) is 69.4. The smallest absolute Gasteiger partial charge is 0.254 e. The number of aliphatic hydroxyl groups excluding tert-OH is 3. The summed E-state index contributed by atoms with van der Waals surface area (Å²) in [6, 6.07) is 40.3. The number of para-hydroxylation sites is 1. The van der Waals surface area contributed by atoms with Gasteiger partial charge in [-0.3, -0.25) is 14.4 Å². The van der Waals surface area contributed by atoms with Crippen LogP contribution in [0.5, 0.6) is 0 Å². The predicted octanol–water partition coefficient (Wildman–Crippen LogP) is 10.2. The lowest BCUT2D eigenvalue weighted by Gasteiger charge is -2.42. The molecule has 6 saturated heterocycles. The lowest BCUT2D eigenvalue weighted by Crippen LogP contribution is -2.56. The monoisotopic (exact) mass is 1540 g/mol. The molecule has 5 aromatic heterocycles. The first-order valence-corrected chi connectivity index (χ1v) is 40.5. The van der Waals surface area contributed by atoms with E-state index >= 15 is 0 Å². The molecule has 0 unspecified atom stereocenters. The fourth-order valence-electron chi connectivity index (χ4n) is 17.6. The van der Waals surface area contributed by atoms with E-state index in [0.717, 1.165) is 196 Å². The van der Waals surface area contributed by atoms with Crippen molar-refractivity contribution >= 4 is 69.6 Å². The van der Waals surface area contributed by atoms with Crippen LogP contribution in [-0.2, 0) is 0 Å². The van der Waals surface area contributed by atoms with Crippen LogP contribution in [0.3, 0.4) is 0 Å². The van der Waals surface area contributed by atoms with Gasteiger partial charge in [-0.2, -0.15) is 15.3 Å². The number of carbonyl (C=O) groups excluding carboxylic acids is 3. The zero-order valence-electron chi connectivity index (χ0n) is 67.5. The normalized spacial score (nSPS) is 18.5. The van der Waals surface area contributed by atoms with Crippen molar-refractivity contribution in [2.45, 2.75) is 137 Å². The first kappa shape index (κ1) is 80.9. The Balaban J connectivity index is 0.000000149. The Morgan fingerprint density at radius 2 is 0.658 bits per heavy atom. The fraction of sp³-hybridized carbons (Fsp3) is 0.443. The molecule has 600 valence electrons. The van der Waals surface area contributed by atoms with E-state index in [-0.39, 0.29) is 55.7 Å². The second kappa shape index (κ2) is 37.7. The Hall–Kier alpha value is -11.1. The third-order valence-electron chi connectivity index (χ3n) is 23.7. The van der Waals surface area contributed by atoms with E-state index in [9.17, 15) is 29.7 Å². The largest absolute Gasteiger partial charge is 0.394 e. The minimum Gasteiger partial charge on any atom is -0.394 e. The first-order valence-electron chi connectivity index (χ1n) is 40.5. The van der Waals surface area contributed by atoms with E-state index in [4.69, 9.17) is 0 Å². The number of aryl methyl sites for hydroxylation is 6. The molecule has 3 amide bonds. The molecule has 3 atom stereocenters. The van der Waals surface area contributed by atoms with Gasteiger partial charge in [0.05, 0.1) is 37.9 Å². The van der Waals surface area contributed by atoms with E-state index in [2.05, 4.69) is 159 Å². The Morgan fingerprint density at radius 1 is 0.342 bits per heavy atom. The molecular weight excluding hydrogens is 1430 g/mol. The summed E-state index contributed by atoms with van der Waals surface area (Å²) >= 11 is 0. The van der Waals surface area contributed by atoms with Crippen LogP contribution in [0.4, 0.5) is 51.8 Å². The number of rotatable bonds is 18. The summed E-state index contributed by atoms with van der Waals surface area (Å²) in [5.74, 6) is 4.53. The van der Waals surface area contributed by atoms with Crippen LogP contribution in [0.15, 0.2) is 152 Å². The van der Waals surface area contributed by atoms with Gasteiger partial charge in [-0.05, 0) is 224 Å². The van der Waals surface area contributed by atoms with Gasteiger partial charge in [-0.25, -0.2) is 9.97 Å². The van der Waals surface area contributed by atoms with Crippen molar-refractivity contribution in [1.82, 2.24) is 55.3 Å². The van der Waals surface area contributed by atoms with Gasteiger partial charge in [0.15, 0.2) is 17.5 Å². The number of hydrogen-bond donors (Lipinski definition) is 6. The highest BCUT2D eigenvalue weighted by Gasteiger charge is 2.37. The number of nitrogens with zero attached hydrogens (tertiary/aromatic N) is 17. The second-order valence-corrected chi connectivity index (χ2v) is 31.2. The van der Waals surface area contributed by atoms with Crippen LogP contribution in [0.2, 0.25) is 0 Å². The number of piperidine rings is 3. The molecular formula is C88H112N20O6. The number of carbonyl (C=O) groups is 3. The van der Waals surface area contributed by atoms with Gasteiger partial charge >= 0.3 is 0 Å². The summed E-state index contributed by atoms with van der Waals surface area (Å²) in [7, 11) is 0. The van der Waals surface area contributed by atoms with Crippen molar-refractivity contribution < 1.29 is 29.7 Å². The molecule has 0 saturated carbocycles. The Kier molecular flexibility index (Phi) is 26.8. The summed E-state index contributed by atoms with van der Waals surface area (Å²) in [5.41, 5.74) is 16.0. The zero-order chi connectivity index (χ0) is 79.9. The van der Waals surface area contributed by atoms with Gasteiger partial charge in [0, 0.05) is 187 Å². The number of anilines is 9. The maximum Gasteiger partial charge on any atom is 0.254 e. The molecule has 0 aliphatic carbocycles. The molecule has 6 aliphatic rings. The van der Waals surface area contributed by atoms with Crippen LogP contribution in [0.25, 0.3) is 0 Å². The van der Waals surface area contributed by atoms with E-state index < -0.39 is 0 Å². The van der Waals surface area contributed by atoms with Crippen molar-refractivity contribution in [3.63, 3.8) is 0 Å². The fourth-order valence-corrected chi connectivity index (χ4v) is 17.6. The number of amides is 3. The molecule has 26 nitrogen and oxygen atoms in total.